The maximum atomic E-state index is 12.9. The first-order chi connectivity index (χ1) is 14.1. The summed E-state index contributed by atoms with van der Waals surface area (Å²) in [6.45, 7) is 1.94. The standard InChI is InChI=1S/C24H18N2O3/c1-16-11-13-18(14-12-16)24(28)29-21-10-3-2-8-19(21)23(27)26-20-9-4-6-17-7-5-15-25-22(17)20/h2-15H,1H3,(H,26,27). The van der Waals surface area contributed by atoms with E-state index in [4.69, 9.17) is 4.74 Å². The number of nitrogens with zero attached hydrogens (tertiary/aromatic N) is 1. The summed E-state index contributed by atoms with van der Waals surface area (Å²) in [5.74, 6) is -0.698. The number of amides is 1. The third-order valence-corrected chi connectivity index (χ3v) is 4.50. The van der Waals surface area contributed by atoms with Crippen molar-refractivity contribution in [2.45, 2.75) is 6.92 Å². The fourth-order valence-corrected chi connectivity index (χ4v) is 2.99. The summed E-state index contributed by atoms with van der Waals surface area (Å²) in [5.41, 5.74) is 3.01. The molecule has 0 saturated heterocycles. The van der Waals surface area contributed by atoms with Gasteiger partial charge in [0.25, 0.3) is 5.91 Å². The molecular formula is C24H18N2O3. The van der Waals surface area contributed by atoms with E-state index >= 15 is 0 Å². The molecule has 1 amide bonds. The molecule has 1 N–H and O–H groups in total. The Hall–Kier alpha value is -3.99. The van der Waals surface area contributed by atoms with Crippen LogP contribution in [0, 0.1) is 6.92 Å². The Kier molecular flexibility index (Phi) is 5.03. The van der Waals surface area contributed by atoms with Crippen LogP contribution in [0.2, 0.25) is 0 Å². The fourth-order valence-electron chi connectivity index (χ4n) is 2.99. The largest absolute Gasteiger partial charge is 0.422 e. The van der Waals surface area contributed by atoms with Crippen LogP contribution in [-0.2, 0) is 0 Å². The van der Waals surface area contributed by atoms with Gasteiger partial charge in [-0.2, -0.15) is 0 Å². The van der Waals surface area contributed by atoms with E-state index in [1.807, 2.05) is 43.3 Å². The molecular weight excluding hydrogens is 364 g/mol. The molecule has 0 radical (unpaired) electrons. The molecule has 0 aliphatic rings. The number of aryl methyl sites for hydroxylation is 1. The van der Waals surface area contributed by atoms with Crippen molar-refractivity contribution in [3.8, 4) is 5.75 Å². The number of hydrogen-bond donors (Lipinski definition) is 1. The number of ether oxygens (including phenoxy) is 1. The highest BCUT2D eigenvalue weighted by atomic mass is 16.5. The molecule has 0 spiro atoms. The maximum absolute atomic E-state index is 12.9. The van der Waals surface area contributed by atoms with Crippen LogP contribution < -0.4 is 10.1 Å². The molecule has 0 bridgehead atoms. The first-order valence-electron chi connectivity index (χ1n) is 9.15. The number of esters is 1. The number of aromatic nitrogens is 1. The van der Waals surface area contributed by atoms with Crippen molar-refractivity contribution in [3.05, 3.63) is 102 Å². The number of rotatable bonds is 4. The lowest BCUT2D eigenvalue weighted by Crippen LogP contribution is -2.16. The van der Waals surface area contributed by atoms with Crippen molar-refractivity contribution in [2.75, 3.05) is 5.32 Å². The molecule has 0 aliphatic heterocycles. The summed E-state index contributed by atoms with van der Waals surface area (Å²) in [5, 5.41) is 3.79. The number of pyridine rings is 1. The van der Waals surface area contributed by atoms with Crippen molar-refractivity contribution in [3.63, 3.8) is 0 Å². The fraction of sp³-hybridized carbons (Fsp3) is 0.0417. The van der Waals surface area contributed by atoms with E-state index in [-0.39, 0.29) is 17.2 Å². The lowest BCUT2D eigenvalue weighted by atomic mass is 10.1. The Labute approximate surface area is 168 Å². The number of carbonyl (C=O) groups excluding carboxylic acids is 2. The van der Waals surface area contributed by atoms with Gasteiger partial charge in [0.2, 0.25) is 0 Å². The lowest BCUT2D eigenvalue weighted by Gasteiger charge is -2.12. The van der Waals surface area contributed by atoms with E-state index in [2.05, 4.69) is 10.3 Å². The molecule has 1 aromatic heterocycles. The smallest absolute Gasteiger partial charge is 0.343 e. The van der Waals surface area contributed by atoms with E-state index in [0.29, 0.717) is 16.8 Å². The highest BCUT2D eigenvalue weighted by molar-refractivity contribution is 6.10. The topological polar surface area (TPSA) is 68.3 Å². The monoisotopic (exact) mass is 382 g/mol. The predicted molar refractivity (Wildman–Crippen MR) is 112 cm³/mol. The average molecular weight is 382 g/mol. The van der Waals surface area contributed by atoms with Gasteiger partial charge >= 0.3 is 5.97 Å². The number of para-hydroxylation sites is 2. The molecule has 1 heterocycles. The minimum atomic E-state index is -0.517. The SMILES string of the molecule is Cc1ccc(C(=O)Oc2ccccc2C(=O)Nc2cccc3cccnc23)cc1. The summed E-state index contributed by atoms with van der Waals surface area (Å²) >= 11 is 0. The van der Waals surface area contributed by atoms with Crippen LogP contribution in [0.3, 0.4) is 0 Å². The zero-order valence-electron chi connectivity index (χ0n) is 15.8. The summed E-state index contributed by atoms with van der Waals surface area (Å²) in [4.78, 5) is 29.7. The van der Waals surface area contributed by atoms with E-state index in [1.54, 1.807) is 48.7 Å². The first-order valence-corrected chi connectivity index (χ1v) is 9.15. The molecule has 0 saturated carbocycles. The van der Waals surface area contributed by atoms with Crippen LogP contribution in [0.15, 0.2) is 85.1 Å². The van der Waals surface area contributed by atoms with Crippen LogP contribution in [0.4, 0.5) is 5.69 Å². The van der Waals surface area contributed by atoms with E-state index < -0.39 is 5.97 Å². The second kappa shape index (κ2) is 7.94. The van der Waals surface area contributed by atoms with Crippen LogP contribution in [0.5, 0.6) is 5.75 Å². The molecule has 4 rings (SSSR count). The van der Waals surface area contributed by atoms with Crippen molar-refractivity contribution in [1.29, 1.82) is 0 Å². The van der Waals surface area contributed by atoms with Gasteiger partial charge in [-0.05, 0) is 43.3 Å². The van der Waals surface area contributed by atoms with Crippen molar-refractivity contribution in [1.82, 2.24) is 4.98 Å². The molecule has 0 fully saturated rings. The van der Waals surface area contributed by atoms with E-state index in [1.165, 1.54) is 0 Å². The number of anilines is 1. The molecule has 5 nitrogen and oxygen atoms in total. The van der Waals surface area contributed by atoms with Gasteiger partial charge in [-0.3, -0.25) is 9.78 Å². The van der Waals surface area contributed by atoms with Crippen LogP contribution in [-0.4, -0.2) is 16.9 Å². The molecule has 29 heavy (non-hydrogen) atoms. The molecule has 142 valence electrons. The van der Waals surface area contributed by atoms with Gasteiger partial charge in [-0.1, -0.05) is 48.0 Å². The molecule has 0 atom stereocenters. The average Bonchev–Trinajstić information content (AvgIpc) is 2.75. The zero-order valence-corrected chi connectivity index (χ0v) is 15.8. The van der Waals surface area contributed by atoms with Gasteiger partial charge in [0.1, 0.15) is 5.75 Å². The predicted octanol–water partition coefficient (Wildman–Crippen LogP) is 5.01. The highest BCUT2D eigenvalue weighted by Crippen LogP contribution is 2.24. The van der Waals surface area contributed by atoms with Crippen molar-refractivity contribution in [2.24, 2.45) is 0 Å². The number of carbonyl (C=O) groups is 2. The zero-order chi connectivity index (χ0) is 20.2. The Balaban J connectivity index is 1.59. The number of nitrogens with one attached hydrogen (secondary N) is 1. The van der Waals surface area contributed by atoms with Crippen LogP contribution in [0.25, 0.3) is 10.9 Å². The summed E-state index contributed by atoms with van der Waals surface area (Å²) < 4.78 is 5.50. The minimum absolute atomic E-state index is 0.198. The Morgan fingerprint density at radius 2 is 1.62 bits per heavy atom. The lowest BCUT2D eigenvalue weighted by molar-refractivity contribution is 0.0733. The minimum Gasteiger partial charge on any atom is -0.422 e. The third-order valence-electron chi connectivity index (χ3n) is 4.50. The van der Waals surface area contributed by atoms with Crippen molar-refractivity contribution < 1.29 is 14.3 Å². The van der Waals surface area contributed by atoms with Gasteiger partial charge in [0.15, 0.2) is 0 Å². The first kappa shape index (κ1) is 18.4. The van der Waals surface area contributed by atoms with E-state index in [0.717, 1.165) is 10.9 Å². The number of benzene rings is 3. The molecule has 5 heteroatoms. The Bertz CT molecular complexity index is 1190. The second-order valence-corrected chi connectivity index (χ2v) is 6.59. The summed E-state index contributed by atoms with van der Waals surface area (Å²) in [6.07, 6.45) is 1.68. The number of hydrogen-bond acceptors (Lipinski definition) is 4. The quantitative estimate of drug-likeness (QED) is 0.398. The summed E-state index contributed by atoms with van der Waals surface area (Å²) in [7, 11) is 0. The van der Waals surface area contributed by atoms with Crippen LogP contribution >= 0.6 is 0 Å². The maximum Gasteiger partial charge on any atom is 0.343 e. The van der Waals surface area contributed by atoms with Gasteiger partial charge in [-0.25, -0.2) is 4.79 Å². The van der Waals surface area contributed by atoms with Gasteiger partial charge in [0.05, 0.1) is 22.3 Å². The number of fused-ring (bicyclic) bond motifs is 1. The Morgan fingerprint density at radius 3 is 2.45 bits per heavy atom. The molecule has 0 unspecified atom stereocenters. The van der Waals surface area contributed by atoms with Gasteiger partial charge < -0.3 is 10.1 Å². The van der Waals surface area contributed by atoms with Gasteiger partial charge in [-0.15, -0.1) is 0 Å². The Morgan fingerprint density at radius 1 is 0.862 bits per heavy atom. The second-order valence-electron chi connectivity index (χ2n) is 6.59. The highest BCUT2D eigenvalue weighted by Gasteiger charge is 2.17. The van der Waals surface area contributed by atoms with Gasteiger partial charge in [0, 0.05) is 11.6 Å². The molecule has 3 aromatic carbocycles. The molecule has 4 aromatic rings. The third kappa shape index (κ3) is 3.99. The van der Waals surface area contributed by atoms with Crippen LogP contribution in [0.1, 0.15) is 26.3 Å². The summed E-state index contributed by atoms with van der Waals surface area (Å²) in [6, 6.07) is 23.0. The molecule has 0 aliphatic carbocycles. The van der Waals surface area contributed by atoms with Crippen molar-refractivity contribution >= 4 is 28.5 Å². The van der Waals surface area contributed by atoms with E-state index in [9.17, 15) is 9.59 Å². The normalized spacial score (nSPS) is 10.5.